The summed E-state index contributed by atoms with van der Waals surface area (Å²) in [6.07, 6.45) is 2.31. The standard InChI is InChI=1S/C14H13N3O3S/c18-14(7-12-2-1-5-21-12)16-4-3-13-10(9-16)6-11(8-15-13)17(19)20/h1-2,5-6,8H,3-4,7,9H2. The predicted octanol–water partition coefficient (Wildman–Crippen LogP) is 2.18. The van der Waals surface area contributed by atoms with Gasteiger partial charge in [-0.25, -0.2) is 0 Å². The van der Waals surface area contributed by atoms with Crippen LogP contribution in [0.1, 0.15) is 16.1 Å². The van der Waals surface area contributed by atoms with Crippen molar-refractivity contribution in [1.82, 2.24) is 9.88 Å². The maximum Gasteiger partial charge on any atom is 0.287 e. The molecule has 2 aromatic heterocycles. The van der Waals surface area contributed by atoms with Gasteiger partial charge in [-0.3, -0.25) is 19.9 Å². The largest absolute Gasteiger partial charge is 0.338 e. The van der Waals surface area contributed by atoms with Crippen LogP contribution in [0.25, 0.3) is 0 Å². The molecule has 108 valence electrons. The minimum Gasteiger partial charge on any atom is -0.338 e. The summed E-state index contributed by atoms with van der Waals surface area (Å²) in [7, 11) is 0. The SMILES string of the molecule is O=C(Cc1cccs1)N1CCc2ncc([N+](=O)[O-])cc2C1. The second kappa shape index (κ2) is 5.61. The quantitative estimate of drug-likeness (QED) is 0.643. The summed E-state index contributed by atoms with van der Waals surface area (Å²) in [4.78, 5) is 29.5. The van der Waals surface area contributed by atoms with E-state index in [0.717, 1.165) is 16.1 Å². The van der Waals surface area contributed by atoms with Crippen LogP contribution in [0.3, 0.4) is 0 Å². The summed E-state index contributed by atoms with van der Waals surface area (Å²) in [6.45, 7) is 1.01. The van der Waals surface area contributed by atoms with Crippen molar-refractivity contribution in [3.05, 3.63) is 56.0 Å². The molecule has 1 aliphatic rings. The van der Waals surface area contributed by atoms with Gasteiger partial charge >= 0.3 is 0 Å². The lowest BCUT2D eigenvalue weighted by atomic mass is 10.0. The first-order valence-corrected chi connectivity index (χ1v) is 7.44. The van der Waals surface area contributed by atoms with Gasteiger partial charge in [-0.05, 0) is 17.0 Å². The summed E-state index contributed by atoms with van der Waals surface area (Å²) in [6, 6.07) is 5.38. The number of nitrogens with zero attached hydrogens (tertiary/aromatic N) is 3. The lowest BCUT2D eigenvalue weighted by Gasteiger charge is -2.28. The fourth-order valence-electron chi connectivity index (χ4n) is 2.40. The molecule has 3 rings (SSSR count). The molecule has 0 radical (unpaired) electrons. The molecule has 2 aromatic rings. The zero-order valence-corrected chi connectivity index (χ0v) is 12.0. The third-order valence-electron chi connectivity index (χ3n) is 3.49. The van der Waals surface area contributed by atoms with Gasteiger partial charge < -0.3 is 4.90 Å². The summed E-state index contributed by atoms with van der Waals surface area (Å²) >= 11 is 1.56. The van der Waals surface area contributed by atoms with E-state index < -0.39 is 4.92 Å². The molecule has 1 amide bonds. The van der Waals surface area contributed by atoms with Gasteiger partial charge in [0.1, 0.15) is 6.20 Å². The second-order valence-electron chi connectivity index (χ2n) is 4.88. The Kier molecular flexibility index (Phi) is 3.66. The molecule has 21 heavy (non-hydrogen) atoms. The number of hydrogen-bond donors (Lipinski definition) is 0. The first-order valence-electron chi connectivity index (χ1n) is 6.56. The number of nitro groups is 1. The van der Waals surface area contributed by atoms with Crippen LogP contribution in [0.5, 0.6) is 0 Å². The maximum atomic E-state index is 12.3. The van der Waals surface area contributed by atoms with Crippen LogP contribution >= 0.6 is 11.3 Å². The van der Waals surface area contributed by atoms with Crippen LogP contribution in [0, 0.1) is 10.1 Å². The fourth-order valence-corrected chi connectivity index (χ4v) is 3.10. The topological polar surface area (TPSA) is 76.3 Å². The predicted molar refractivity (Wildman–Crippen MR) is 78.0 cm³/mol. The Labute approximate surface area is 125 Å². The van der Waals surface area contributed by atoms with Crippen molar-refractivity contribution in [2.45, 2.75) is 19.4 Å². The highest BCUT2D eigenvalue weighted by Gasteiger charge is 2.23. The minimum atomic E-state index is -0.459. The Morgan fingerprint density at radius 3 is 3.10 bits per heavy atom. The van der Waals surface area contributed by atoms with Crippen molar-refractivity contribution in [2.75, 3.05) is 6.54 Å². The number of rotatable bonds is 3. The molecular formula is C14H13N3O3S. The van der Waals surface area contributed by atoms with E-state index in [4.69, 9.17) is 0 Å². The van der Waals surface area contributed by atoms with Gasteiger partial charge in [-0.15, -0.1) is 11.3 Å². The highest BCUT2D eigenvalue weighted by molar-refractivity contribution is 7.10. The van der Waals surface area contributed by atoms with Crippen LogP contribution in [0.15, 0.2) is 29.8 Å². The molecule has 0 saturated carbocycles. The molecule has 0 bridgehead atoms. The van der Waals surface area contributed by atoms with Gasteiger partial charge in [-0.1, -0.05) is 6.07 Å². The van der Waals surface area contributed by atoms with E-state index in [9.17, 15) is 14.9 Å². The van der Waals surface area contributed by atoms with Gasteiger partial charge in [0, 0.05) is 36.1 Å². The zero-order valence-electron chi connectivity index (χ0n) is 11.2. The minimum absolute atomic E-state index is 0.0266. The van der Waals surface area contributed by atoms with Crippen molar-refractivity contribution in [3.63, 3.8) is 0 Å². The summed E-state index contributed by atoms with van der Waals surface area (Å²) in [5.74, 6) is 0.0506. The van der Waals surface area contributed by atoms with Gasteiger partial charge in [0.15, 0.2) is 0 Å². The normalized spacial score (nSPS) is 13.8. The van der Waals surface area contributed by atoms with E-state index in [1.54, 1.807) is 16.2 Å². The smallest absolute Gasteiger partial charge is 0.287 e. The number of pyridine rings is 1. The maximum absolute atomic E-state index is 12.3. The van der Waals surface area contributed by atoms with Crippen molar-refractivity contribution in [3.8, 4) is 0 Å². The van der Waals surface area contributed by atoms with E-state index in [0.29, 0.717) is 25.9 Å². The number of amides is 1. The van der Waals surface area contributed by atoms with E-state index >= 15 is 0 Å². The first-order chi connectivity index (χ1) is 10.1. The van der Waals surface area contributed by atoms with Crippen molar-refractivity contribution in [2.24, 2.45) is 0 Å². The molecule has 0 aliphatic carbocycles. The van der Waals surface area contributed by atoms with Crippen molar-refractivity contribution >= 4 is 22.9 Å². The average Bonchev–Trinajstić information content (AvgIpc) is 2.98. The van der Waals surface area contributed by atoms with E-state index in [1.807, 2.05) is 17.5 Å². The summed E-state index contributed by atoms with van der Waals surface area (Å²) < 4.78 is 0. The number of carbonyl (C=O) groups is 1. The van der Waals surface area contributed by atoms with Crippen LogP contribution in [-0.4, -0.2) is 27.3 Å². The van der Waals surface area contributed by atoms with Crippen molar-refractivity contribution < 1.29 is 9.72 Å². The number of thiophene rings is 1. The molecule has 3 heterocycles. The molecule has 0 aromatic carbocycles. The Morgan fingerprint density at radius 2 is 2.38 bits per heavy atom. The molecule has 1 aliphatic heterocycles. The molecule has 0 saturated heterocycles. The van der Waals surface area contributed by atoms with Gasteiger partial charge in [0.05, 0.1) is 11.3 Å². The van der Waals surface area contributed by atoms with Gasteiger partial charge in [0.25, 0.3) is 5.69 Å². The number of hydrogen-bond acceptors (Lipinski definition) is 5. The van der Waals surface area contributed by atoms with Crippen LogP contribution < -0.4 is 0 Å². The van der Waals surface area contributed by atoms with Crippen LogP contribution in [0.2, 0.25) is 0 Å². The Balaban J connectivity index is 1.75. The van der Waals surface area contributed by atoms with Crippen LogP contribution in [0.4, 0.5) is 5.69 Å². The molecule has 0 unspecified atom stereocenters. The average molecular weight is 303 g/mol. The fraction of sp³-hybridized carbons (Fsp3) is 0.286. The van der Waals surface area contributed by atoms with E-state index in [2.05, 4.69) is 4.98 Å². The Morgan fingerprint density at radius 1 is 1.52 bits per heavy atom. The number of carbonyl (C=O) groups excluding carboxylic acids is 1. The Hall–Kier alpha value is -2.28. The van der Waals surface area contributed by atoms with Crippen molar-refractivity contribution in [1.29, 1.82) is 0 Å². The van der Waals surface area contributed by atoms with Gasteiger partial charge in [-0.2, -0.15) is 0 Å². The molecule has 6 nitrogen and oxygen atoms in total. The number of fused-ring (bicyclic) bond motifs is 1. The molecule has 0 spiro atoms. The molecule has 0 fully saturated rings. The molecular weight excluding hydrogens is 290 g/mol. The molecule has 0 N–H and O–H groups in total. The highest BCUT2D eigenvalue weighted by Crippen LogP contribution is 2.22. The van der Waals surface area contributed by atoms with Crippen LogP contribution in [-0.2, 0) is 24.2 Å². The lowest BCUT2D eigenvalue weighted by molar-refractivity contribution is -0.385. The first kappa shape index (κ1) is 13.7. The molecule has 0 atom stereocenters. The number of aromatic nitrogens is 1. The highest BCUT2D eigenvalue weighted by atomic mass is 32.1. The Bertz CT molecular complexity index is 685. The lowest BCUT2D eigenvalue weighted by Crippen LogP contribution is -2.37. The molecule has 7 heteroatoms. The summed E-state index contributed by atoms with van der Waals surface area (Å²) in [5.41, 5.74) is 1.59. The second-order valence-corrected chi connectivity index (χ2v) is 5.91. The summed E-state index contributed by atoms with van der Waals surface area (Å²) in [5, 5.41) is 12.7. The third kappa shape index (κ3) is 2.92. The third-order valence-corrected chi connectivity index (χ3v) is 4.37. The van der Waals surface area contributed by atoms with Gasteiger partial charge in [0.2, 0.25) is 5.91 Å². The zero-order chi connectivity index (χ0) is 14.8. The monoisotopic (exact) mass is 303 g/mol. The van der Waals surface area contributed by atoms with E-state index in [-0.39, 0.29) is 11.6 Å². The van der Waals surface area contributed by atoms with E-state index in [1.165, 1.54) is 12.3 Å².